The Morgan fingerprint density at radius 3 is 2.20 bits per heavy atom. The number of carbonyl (C=O) groups is 2. The highest BCUT2D eigenvalue weighted by Crippen LogP contribution is 2.31. The van der Waals surface area contributed by atoms with Crippen LogP contribution < -0.4 is 9.62 Å². The maximum Gasteiger partial charge on any atom is 0.264 e. The summed E-state index contributed by atoms with van der Waals surface area (Å²) in [5.41, 5.74) is 0.789. The molecule has 0 saturated heterocycles. The van der Waals surface area contributed by atoms with E-state index in [9.17, 15) is 18.0 Å². The highest BCUT2D eigenvalue weighted by molar-refractivity contribution is 7.92. The van der Waals surface area contributed by atoms with E-state index < -0.39 is 28.5 Å². The Morgan fingerprint density at radius 1 is 0.900 bits per heavy atom. The molecular weight excluding hydrogens is 593 g/mol. The fourth-order valence-corrected chi connectivity index (χ4v) is 6.76. The molecule has 7 nitrogen and oxygen atoms in total. The average molecular weight is 623 g/mol. The minimum absolute atomic E-state index is 0.00535. The predicted molar refractivity (Wildman–Crippen MR) is 159 cm³/mol. The maximum atomic E-state index is 14.0. The summed E-state index contributed by atoms with van der Waals surface area (Å²) in [5, 5.41) is 3.86. The number of nitrogens with one attached hydrogen (secondary N) is 1. The van der Waals surface area contributed by atoms with Gasteiger partial charge in [-0.15, -0.1) is 0 Å². The molecule has 1 N–H and O–H groups in total. The molecule has 11 heteroatoms. The number of halogens is 3. The molecule has 1 fully saturated rings. The van der Waals surface area contributed by atoms with E-state index in [1.807, 2.05) is 0 Å². The molecule has 3 aromatic carbocycles. The van der Waals surface area contributed by atoms with Crippen LogP contribution in [0.2, 0.25) is 15.1 Å². The van der Waals surface area contributed by atoms with Crippen LogP contribution in [0.3, 0.4) is 0 Å². The lowest BCUT2D eigenvalue weighted by molar-refractivity contribution is -0.139. The number of amides is 2. The summed E-state index contributed by atoms with van der Waals surface area (Å²) < 4.78 is 28.6. The molecule has 0 aliphatic heterocycles. The third-order valence-electron chi connectivity index (χ3n) is 6.94. The number of sulfonamides is 1. The van der Waals surface area contributed by atoms with Gasteiger partial charge in [-0.2, -0.15) is 0 Å². The summed E-state index contributed by atoms with van der Waals surface area (Å²) in [6.07, 6.45) is 3.84. The fraction of sp³-hybridized carbons (Fsp3) is 0.310. The van der Waals surface area contributed by atoms with Crippen LogP contribution in [0.1, 0.15) is 38.2 Å². The molecular formula is C29H30Cl3N3O4S. The number of para-hydroxylation sites is 1. The van der Waals surface area contributed by atoms with Crippen molar-refractivity contribution in [2.45, 2.75) is 56.1 Å². The summed E-state index contributed by atoms with van der Waals surface area (Å²) in [6.45, 7) is 1.06. The van der Waals surface area contributed by atoms with Crippen LogP contribution in [0.4, 0.5) is 5.69 Å². The van der Waals surface area contributed by atoms with Crippen molar-refractivity contribution in [3.63, 3.8) is 0 Å². The lowest BCUT2D eigenvalue weighted by Gasteiger charge is -2.32. The minimum Gasteiger partial charge on any atom is -0.352 e. The first-order valence-corrected chi connectivity index (χ1v) is 15.5. The van der Waals surface area contributed by atoms with Crippen LogP contribution in [0.15, 0.2) is 77.7 Å². The molecule has 1 aliphatic carbocycles. The molecule has 0 radical (unpaired) electrons. The van der Waals surface area contributed by atoms with Gasteiger partial charge in [0.15, 0.2) is 0 Å². The summed E-state index contributed by atoms with van der Waals surface area (Å²) in [5.74, 6) is -0.893. The van der Waals surface area contributed by atoms with Crippen molar-refractivity contribution < 1.29 is 18.0 Å². The van der Waals surface area contributed by atoms with Gasteiger partial charge in [0, 0.05) is 12.6 Å². The summed E-state index contributed by atoms with van der Waals surface area (Å²) in [6, 6.07) is 18.3. The topological polar surface area (TPSA) is 86.8 Å². The van der Waals surface area contributed by atoms with Gasteiger partial charge in [0.1, 0.15) is 12.6 Å². The molecule has 212 valence electrons. The second-order valence-corrected chi connectivity index (χ2v) is 12.8. The third kappa shape index (κ3) is 7.10. The largest absolute Gasteiger partial charge is 0.352 e. The number of hydrogen-bond donors (Lipinski definition) is 1. The van der Waals surface area contributed by atoms with Crippen molar-refractivity contribution >= 4 is 62.3 Å². The van der Waals surface area contributed by atoms with Gasteiger partial charge in [-0.05, 0) is 61.7 Å². The van der Waals surface area contributed by atoms with Gasteiger partial charge >= 0.3 is 0 Å². The Hall–Kier alpha value is -2.78. The van der Waals surface area contributed by atoms with Crippen molar-refractivity contribution in [3.8, 4) is 0 Å². The molecule has 4 rings (SSSR count). The van der Waals surface area contributed by atoms with Gasteiger partial charge in [0.2, 0.25) is 11.8 Å². The Kier molecular flexibility index (Phi) is 10.0. The van der Waals surface area contributed by atoms with Gasteiger partial charge in [0.25, 0.3) is 10.0 Å². The Bertz CT molecular complexity index is 1460. The van der Waals surface area contributed by atoms with Crippen LogP contribution in [0.25, 0.3) is 0 Å². The number of rotatable bonds is 10. The summed E-state index contributed by atoms with van der Waals surface area (Å²) in [4.78, 5) is 28.6. The SMILES string of the molecule is CC(C(=O)NC1CCCC1)N(Cc1ccc(Cl)c(Cl)c1)C(=O)CN(c1ccccc1Cl)S(=O)(=O)c1ccccc1. The van der Waals surface area contributed by atoms with Crippen molar-refractivity contribution in [1.29, 1.82) is 0 Å². The normalized spacial score (nSPS) is 14.5. The average Bonchev–Trinajstić information content (AvgIpc) is 3.45. The first kappa shape index (κ1) is 30.2. The van der Waals surface area contributed by atoms with E-state index in [1.165, 1.54) is 23.1 Å². The maximum absolute atomic E-state index is 14.0. The van der Waals surface area contributed by atoms with Crippen LogP contribution >= 0.6 is 34.8 Å². The minimum atomic E-state index is -4.19. The van der Waals surface area contributed by atoms with E-state index >= 15 is 0 Å². The first-order chi connectivity index (χ1) is 19.1. The smallest absolute Gasteiger partial charge is 0.264 e. The zero-order valence-electron chi connectivity index (χ0n) is 21.9. The van der Waals surface area contributed by atoms with Crippen molar-refractivity contribution in [2.75, 3.05) is 10.8 Å². The van der Waals surface area contributed by atoms with Gasteiger partial charge < -0.3 is 10.2 Å². The number of benzene rings is 3. The lowest BCUT2D eigenvalue weighted by Crippen LogP contribution is -2.52. The monoisotopic (exact) mass is 621 g/mol. The first-order valence-electron chi connectivity index (χ1n) is 12.9. The molecule has 1 saturated carbocycles. The van der Waals surface area contributed by atoms with Gasteiger partial charge in [-0.3, -0.25) is 13.9 Å². The fourth-order valence-electron chi connectivity index (χ4n) is 4.70. The molecule has 1 atom stereocenters. The predicted octanol–water partition coefficient (Wildman–Crippen LogP) is 6.32. The van der Waals surface area contributed by atoms with Gasteiger partial charge in [0.05, 0.1) is 25.7 Å². The quantitative estimate of drug-likeness (QED) is 0.287. The third-order valence-corrected chi connectivity index (χ3v) is 9.77. The van der Waals surface area contributed by atoms with E-state index in [0.717, 1.165) is 30.0 Å². The zero-order chi connectivity index (χ0) is 28.9. The number of anilines is 1. The molecule has 40 heavy (non-hydrogen) atoms. The Labute approximate surface area is 250 Å². The van der Waals surface area contributed by atoms with Gasteiger partial charge in [-0.1, -0.05) is 84.0 Å². The number of carbonyl (C=O) groups excluding carboxylic acids is 2. The zero-order valence-corrected chi connectivity index (χ0v) is 25.0. The second kappa shape index (κ2) is 13.3. The molecule has 0 aromatic heterocycles. The Balaban J connectivity index is 1.70. The molecule has 1 aliphatic rings. The molecule has 0 bridgehead atoms. The van der Waals surface area contributed by atoms with E-state index in [2.05, 4.69) is 5.32 Å². The summed E-state index contributed by atoms with van der Waals surface area (Å²) in [7, 11) is -4.19. The van der Waals surface area contributed by atoms with E-state index in [1.54, 1.807) is 61.5 Å². The van der Waals surface area contributed by atoms with Crippen molar-refractivity contribution in [2.24, 2.45) is 0 Å². The molecule has 2 amide bonds. The van der Waals surface area contributed by atoms with E-state index in [0.29, 0.717) is 15.6 Å². The van der Waals surface area contributed by atoms with Crippen molar-refractivity contribution in [3.05, 3.63) is 93.4 Å². The molecule has 3 aromatic rings. The van der Waals surface area contributed by atoms with E-state index in [4.69, 9.17) is 34.8 Å². The molecule has 1 unspecified atom stereocenters. The van der Waals surface area contributed by atoms with Crippen LogP contribution in [0, 0.1) is 0 Å². The van der Waals surface area contributed by atoms with Crippen LogP contribution in [-0.4, -0.2) is 43.8 Å². The van der Waals surface area contributed by atoms with Gasteiger partial charge in [-0.25, -0.2) is 8.42 Å². The second-order valence-electron chi connectivity index (χ2n) is 9.71. The number of nitrogens with zero attached hydrogens (tertiary/aromatic N) is 2. The lowest BCUT2D eigenvalue weighted by atomic mass is 10.1. The van der Waals surface area contributed by atoms with Crippen molar-refractivity contribution in [1.82, 2.24) is 10.2 Å². The van der Waals surface area contributed by atoms with Crippen LogP contribution in [-0.2, 0) is 26.2 Å². The highest BCUT2D eigenvalue weighted by atomic mass is 35.5. The number of hydrogen-bond acceptors (Lipinski definition) is 4. The Morgan fingerprint density at radius 2 is 1.55 bits per heavy atom. The summed E-state index contributed by atoms with van der Waals surface area (Å²) >= 11 is 18.7. The van der Waals surface area contributed by atoms with Crippen LogP contribution in [0.5, 0.6) is 0 Å². The standard InChI is InChI=1S/C29H30Cl3N3O4S/c1-20(29(37)33-22-9-5-6-10-22)34(18-21-15-16-24(30)26(32)17-21)28(36)19-35(27-14-8-7-13-25(27)31)40(38,39)23-11-3-2-4-12-23/h2-4,7-8,11-17,20,22H,5-6,9-10,18-19H2,1H3,(H,33,37). The molecule has 0 heterocycles. The van der Waals surface area contributed by atoms with E-state index in [-0.39, 0.29) is 34.1 Å². The molecule has 0 spiro atoms. The highest BCUT2D eigenvalue weighted by Gasteiger charge is 2.34.